The number of rotatable bonds is 2. The molecule has 1 aromatic rings. The third-order valence-electron chi connectivity index (χ3n) is 13.9. The molecule has 6 rings (SSSR count). The van der Waals surface area contributed by atoms with Crippen LogP contribution in [0.5, 0.6) is 0 Å². The minimum absolute atomic E-state index is 0.0395. The van der Waals surface area contributed by atoms with E-state index in [1.54, 1.807) is 12.1 Å². The topological polar surface area (TPSA) is 20.2 Å². The molecule has 0 radical (unpaired) electrons. The molecule has 39 heavy (non-hydrogen) atoms. The van der Waals surface area contributed by atoms with Gasteiger partial charge in [-0.2, -0.15) is 0 Å². The molecule has 4 saturated carbocycles. The highest BCUT2D eigenvalue weighted by Gasteiger charge is 2.69. The smallest absolute Gasteiger partial charge is 0.126 e. The van der Waals surface area contributed by atoms with Gasteiger partial charge in [0.15, 0.2) is 0 Å². The molecule has 0 aromatic heterocycles. The van der Waals surface area contributed by atoms with Crippen molar-refractivity contribution >= 4 is 5.57 Å². The Bertz CT molecular complexity index is 1130. The van der Waals surface area contributed by atoms with Crippen LogP contribution in [0.25, 0.3) is 5.57 Å². The highest BCUT2D eigenvalue weighted by molar-refractivity contribution is 5.71. The first-order valence-corrected chi connectivity index (χ1v) is 16.0. The summed E-state index contributed by atoms with van der Waals surface area (Å²) in [5.74, 6) is 2.79. The van der Waals surface area contributed by atoms with Gasteiger partial charge in [-0.3, -0.25) is 0 Å². The summed E-state index contributed by atoms with van der Waals surface area (Å²) in [6.45, 7) is 20.4. The molecule has 5 aliphatic rings. The monoisotopic (exact) mass is 534 g/mol. The third kappa shape index (κ3) is 4.00. The number of hydrogen-bond donors (Lipinski definition) is 1. The highest BCUT2D eigenvalue weighted by atomic mass is 19.1. The van der Waals surface area contributed by atoms with E-state index in [1.807, 2.05) is 19.9 Å². The Kier molecular flexibility index (Phi) is 7.35. The first-order valence-electron chi connectivity index (χ1n) is 16.0. The van der Waals surface area contributed by atoms with Gasteiger partial charge in [-0.05, 0) is 145 Å². The Morgan fingerprint density at radius 3 is 2.31 bits per heavy atom. The van der Waals surface area contributed by atoms with Gasteiger partial charge in [-0.25, -0.2) is 4.39 Å². The minimum Gasteiger partial charge on any atom is -0.396 e. The molecule has 1 aromatic carbocycles. The second-order valence-electron chi connectivity index (χ2n) is 15.6. The lowest BCUT2D eigenvalue weighted by atomic mass is 9.33. The predicted octanol–water partition coefficient (Wildman–Crippen LogP) is 10.2. The van der Waals surface area contributed by atoms with Crippen LogP contribution in [0.1, 0.15) is 117 Å². The molecule has 1 N–H and O–H groups in total. The molecule has 0 amide bonds. The molecular weight excluding hydrogens is 479 g/mol. The molecular formula is C37H55FO. The maximum Gasteiger partial charge on any atom is 0.126 e. The van der Waals surface area contributed by atoms with Gasteiger partial charge in [0.05, 0.1) is 0 Å². The molecule has 1 nitrogen and oxygen atoms in total. The van der Waals surface area contributed by atoms with Gasteiger partial charge < -0.3 is 5.11 Å². The van der Waals surface area contributed by atoms with Crippen LogP contribution in [-0.2, 0) is 0 Å². The number of benzene rings is 1. The van der Waals surface area contributed by atoms with Gasteiger partial charge >= 0.3 is 0 Å². The van der Waals surface area contributed by atoms with Gasteiger partial charge in [0.2, 0.25) is 0 Å². The Hall–Kier alpha value is -1.41. The van der Waals surface area contributed by atoms with E-state index >= 15 is 0 Å². The summed E-state index contributed by atoms with van der Waals surface area (Å²) in [5, 5.41) is 10.5. The molecule has 0 spiro atoms. The zero-order chi connectivity index (χ0) is 28.4. The average molecular weight is 535 g/mol. The first kappa shape index (κ1) is 29.1. The van der Waals surface area contributed by atoms with Crippen LogP contribution in [0.3, 0.4) is 0 Å². The van der Waals surface area contributed by atoms with Crippen molar-refractivity contribution in [3.05, 3.63) is 53.9 Å². The van der Waals surface area contributed by atoms with Gasteiger partial charge in [0, 0.05) is 6.61 Å². The fourth-order valence-corrected chi connectivity index (χ4v) is 11.8. The largest absolute Gasteiger partial charge is 0.396 e. The Balaban J connectivity index is 0.000000983. The SMILES string of the molecule is C=CC.Cc1ccc(C2=CCC3(C)C(CCC4(C)C3CCC3C5CCCC5(CO)CC[C@]34C)C2(C)C)cc1F. The number of aryl methyl sites for hydroxylation is 1. The van der Waals surface area contributed by atoms with E-state index < -0.39 is 0 Å². The highest BCUT2D eigenvalue weighted by Crippen LogP contribution is 2.77. The summed E-state index contributed by atoms with van der Waals surface area (Å²) in [5.41, 5.74) is 4.48. The van der Waals surface area contributed by atoms with Crippen molar-refractivity contribution < 1.29 is 9.50 Å². The van der Waals surface area contributed by atoms with Crippen LogP contribution in [-0.4, -0.2) is 11.7 Å². The van der Waals surface area contributed by atoms with Gasteiger partial charge in [-0.15, -0.1) is 6.58 Å². The zero-order valence-corrected chi connectivity index (χ0v) is 26.0. The Labute approximate surface area is 238 Å². The van der Waals surface area contributed by atoms with Gasteiger partial charge in [-0.1, -0.05) is 65.3 Å². The molecule has 216 valence electrons. The number of allylic oxidation sites excluding steroid dienone is 3. The number of halogens is 1. The summed E-state index contributed by atoms with van der Waals surface area (Å²) in [7, 11) is 0. The summed E-state index contributed by atoms with van der Waals surface area (Å²) in [6, 6.07) is 5.88. The lowest BCUT2D eigenvalue weighted by Crippen LogP contribution is -2.65. The summed E-state index contributed by atoms with van der Waals surface area (Å²) in [4.78, 5) is 0. The van der Waals surface area contributed by atoms with Crippen LogP contribution in [0.15, 0.2) is 36.9 Å². The average Bonchev–Trinajstić information content (AvgIpc) is 3.31. The van der Waals surface area contributed by atoms with E-state index in [2.05, 4.69) is 53.3 Å². The van der Waals surface area contributed by atoms with Crippen molar-refractivity contribution in [1.29, 1.82) is 0 Å². The molecule has 0 heterocycles. The zero-order valence-electron chi connectivity index (χ0n) is 26.0. The number of aliphatic hydroxyl groups excluding tert-OH is 1. The minimum atomic E-state index is -0.0804. The summed E-state index contributed by atoms with van der Waals surface area (Å²) < 4.78 is 14.6. The Morgan fingerprint density at radius 2 is 1.64 bits per heavy atom. The second kappa shape index (κ2) is 9.85. The quantitative estimate of drug-likeness (QED) is 0.374. The predicted molar refractivity (Wildman–Crippen MR) is 163 cm³/mol. The molecule has 2 heteroatoms. The Morgan fingerprint density at radius 1 is 0.923 bits per heavy atom. The molecule has 5 aliphatic carbocycles. The molecule has 0 saturated heterocycles. The van der Waals surface area contributed by atoms with E-state index in [1.165, 1.54) is 63.4 Å². The fourth-order valence-electron chi connectivity index (χ4n) is 11.8. The number of hydrogen-bond acceptors (Lipinski definition) is 1. The molecule has 0 aliphatic heterocycles. The van der Waals surface area contributed by atoms with Crippen molar-refractivity contribution in [2.75, 3.05) is 6.61 Å². The fraction of sp³-hybridized carbons (Fsp3) is 0.730. The second-order valence-corrected chi connectivity index (χ2v) is 15.6. The molecule has 8 atom stereocenters. The van der Waals surface area contributed by atoms with Crippen LogP contribution < -0.4 is 0 Å². The van der Waals surface area contributed by atoms with Crippen molar-refractivity contribution in [2.45, 2.75) is 113 Å². The number of fused-ring (bicyclic) bond motifs is 7. The van der Waals surface area contributed by atoms with Crippen molar-refractivity contribution in [2.24, 2.45) is 50.7 Å². The maximum atomic E-state index is 14.6. The molecule has 4 fully saturated rings. The van der Waals surface area contributed by atoms with E-state index in [0.717, 1.165) is 35.3 Å². The van der Waals surface area contributed by atoms with Crippen molar-refractivity contribution in [1.82, 2.24) is 0 Å². The van der Waals surface area contributed by atoms with Crippen LogP contribution in [0, 0.1) is 63.5 Å². The molecule has 7 unspecified atom stereocenters. The summed E-state index contributed by atoms with van der Waals surface area (Å²) in [6.07, 6.45) is 17.1. The van der Waals surface area contributed by atoms with Crippen LogP contribution in [0.4, 0.5) is 4.39 Å². The van der Waals surface area contributed by atoms with E-state index in [0.29, 0.717) is 28.8 Å². The third-order valence-corrected chi connectivity index (χ3v) is 13.9. The van der Waals surface area contributed by atoms with Crippen LogP contribution >= 0.6 is 0 Å². The molecule has 0 bridgehead atoms. The van der Waals surface area contributed by atoms with Crippen molar-refractivity contribution in [3.63, 3.8) is 0 Å². The maximum absolute atomic E-state index is 14.6. The van der Waals surface area contributed by atoms with Gasteiger partial charge in [0.25, 0.3) is 0 Å². The standard InChI is InChI=1S/C34H49FO.C3H6/c1-22-9-10-23(20-27(22)35)24-13-16-31(4)28(30(24,2)3)14-17-33(6)29(31)12-11-25-26-8-7-15-34(26,21-36)19-18-32(25,33)5;1-3-2/h9-10,13,20,25-26,28-29,36H,7-8,11-12,14-19,21H2,1-6H3;3H,1H2,2H3/t25?,26?,28?,29?,31?,32-,33?,34?;/m1./s1. The van der Waals surface area contributed by atoms with Crippen LogP contribution in [0.2, 0.25) is 0 Å². The van der Waals surface area contributed by atoms with Crippen molar-refractivity contribution in [3.8, 4) is 0 Å². The first-order chi connectivity index (χ1) is 18.3. The van der Waals surface area contributed by atoms with E-state index in [4.69, 9.17) is 0 Å². The lowest BCUT2D eigenvalue weighted by Gasteiger charge is -2.72. The lowest BCUT2D eigenvalue weighted by molar-refractivity contribution is -0.225. The summed E-state index contributed by atoms with van der Waals surface area (Å²) >= 11 is 0. The van der Waals surface area contributed by atoms with Gasteiger partial charge in [0.1, 0.15) is 5.82 Å². The van der Waals surface area contributed by atoms with E-state index in [9.17, 15) is 9.50 Å². The number of aliphatic hydroxyl groups is 1. The van der Waals surface area contributed by atoms with E-state index in [-0.39, 0.29) is 16.6 Å². The normalized spacial score (nSPS) is 44.0.